The molecule has 1 aromatic carbocycles. The number of hydrogen-bond donors (Lipinski definition) is 1. The summed E-state index contributed by atoms with van der Waals surface area (Å²) >= 11 is 0. The van der Waals surface area contributed by atoms with E-state index in [1.165, 1.54) is 15.0 Å². The topological polar surface area (TPSA) is 76.6 Å². The zero-order chi connectivity index (χ0) is 13.6. The summed E-state index contributed by atoms with van der Waals surface area (Å²) in [6.45, 7) is 1.47. The number of carbonyl (C=O) groups is 1. The molecule has 19 heavy (non-hydrogen) atoms. The van der Waals surface area contributed by atoms with Gasteiger partial charge in [-0.05, 0) is 19.1 Å². The first-order valence-corrected chi connectivity index (χ1v) is 5.77. The number of carboxylic acid groups (broad SMARTS) is 1. The van der Waals surface area contributed by atoms with Gasteiger partial charge in [0, 0.05) is 11.8 Å². The van der Waals surface area contributed by atoms with E-state index in [9.17, 15) is 9.59 Å². The zero-order valence-corrected chi connectivity index (χ0v) is 10.2. The lowest BCUT2D eigenvalue weighted by molar-refractivity contribution is -0.137. The third kappa shape index (κ3) is 1.69. The van der Waals surface area contributed by atoms with Crippen LogP contribution in [-0.2, 0) is 11.3 Å². The van der Waals surface area contributed by atoms with Crippen molar-refractivity contribution in [1.82, 2.24) is 14.0 Å². The van der Waals surface area contributed by atoms with Crippen LogP contribution < -0.4 is 5.56 Å². The van der Waals surface area contributed by atoms with E-state index < -0.39 is 5.97 Å². The molecule has 2 heterocycles. The van der Waals surface area contributed by atoms with Gasteiger partial charge in [-0.1, -0.05) is 12.1 Å². The fourth-order valence-corrected chi connectivity index (χ4v) is 2.22. The fourth-order valence-electron chi connectivity index (χ4n) is 2.22. The van der Waals surface area contributed by atoms with Crippen molar-refractivity contribution in [3.63, 3.8) is 0 Å². The number of para-hydroxylation sites is 2. The minimum atomic E-state index is -0.972. The molecule has 6 heteroatoms. The van der Waals surface area contributed by atoms with Crippen molar-refractivity contribution in [1.29, 1.82) is 0 Å². The van der Waals surface area contributed by atoms with Crippen LogP contribution in [0, 0.1) is 6.92 Å². The summed E-state index contributed by atoms with van der Waals surface area (Å²) in [4.78, 5) is 27.4. The number of carboxylic acids is 1. The van der Waals surface area contributed by atoms with Gasteiger partial charge in [-0.25, -0.2) is 9.38 Å². The maximum absolute atomic E-state index is 12.1. The normalized spacial score (nSPS) is 11.2. The van der Waals surface area contributed by atoms with Gasteiger partial charge in [0.2, 0.25) is 5.78 Å². The Kier molecular flexibility index (Phi) is 2.38. The van der Waals surface area contributed by atoms with Crippen molar-refractivity contribution in [3.8, 4) is 0 Å². The molecule has 0 aliphatic carbocycles. The van der Waals surface area contributed by atoms with Gasteiger partial charge < -0.3 is 9.67 Å². The van der Waals surface area contributed by atoms with Crippen LogP contribution in [0.3, 0.4) is 0 Å². The monoisotopic (exact) mass is 257 g/mol. The highest BCUT2D eigenvalue weighted by Gasteiger charge is 2.13. The highest BCUT2D eigenvalue weighted by atomic mass is 16.4. The van der Waals surface area contributed by atoms with Crippen LogP contribution in [0.5, 0.6) is 0 Å². The van der Waals surface area contributed by atoms with E-state index in [0.717, 1.165) is 0 Å². The molecule has 0 saturated carbocycles. The van der Waals surface area contributed by atoms with Gasteiger partial charge in [-0.3, -0.25) is 9.59 Å². The van der Waals surface area contributed by atoms with Crippen molar-refractivity contribution in [2.75, 3.05) is 0 Å². The quantitative estimate of drug-likeness (QED) is 0.744. The van der Waals surface area contributed by atoms with Crippen LogP contribution in [0.15, 0.2) is 35.1 Å². The Morgan fingerprint density at radius 1 is 1.37 bits per heavy atom. The summed E-state index contributed by atoms with van der Waals surface area (Å²) in [6.07, 6.45) is 0. The summed E-state index contributed by atoms with van der Waals surface area (Å²) in [5.74, 6) is -0.616. The summed E-state index contributed by atoms with van der Waals surface area (Å²) in [6, 6.07) is 8.65. The number of aromatic nitrogens is 3. The largest absolute Gasteiger partial charge is 0.480 e. The highest BCUT2D eigenvalue weighted by molar-refractivity contribution is 5.79. The zero-order valence-electron chi connectivity index (χ0n) is 10.2. The number of aryl methyl sites for hydroxylation is 1. The number of benzene rings is 1. The summed E-state index contributed by atoms with van der Waals surface area (Å²) in [7, 11) is 0. The van der Waals surface area contributed by atoms with Crippen LogP contribution >= 0.6 is 0 Å². The van der Waals surface area contributed by atoms with Crippen molar-refractivity contribution < 1.29 is 9.90 Å². The Labute approximate surface area is 107 Å². The molecule has 0 amide bonds. The van der Waals surface area contributed by atoms with E-state index in [1.807, 2.05) is 12.1 Å². The van der Waals surface area contributed by atoms with Gasteiger partial charge in [-0.2, -0.15) is 0 Å². The Balaban J connectivity index is 2.50. The Hall–Kier alpha value is -2.63. The Morgan fingerprint density at radius 3 is 2.84 bits per heavy atom. The van der Waals surface area contributed by atoms with Crippen LogP contribution in [0.2, 0.25) is 0 Å². The van der Waals surface area contributed by atoms with Gasteiger partial charge in [0.25, 0.3) is 5.56 Å². The molecule has 1 N–H and O–H groups in total. The van der Waals surface area contributed by atoms with E-state index >= 15 is 0 Å². The molecule has 3 rings (SSSR count). The molecule has 6 nitrogen and oxygen atoms in total. The second-order valence-electron chi connectivity index (χ2n) is 4.34. The predicted octanol–water partition coefficient (Wildman–Crippen LogP) is 1.04. The summed E-state index contributed by atoms with van der Waals surface area (Å²) < 4.78 is 2.95. The molecular weight excluding hydrogens is 246 g/mol. The lowest BCUT2D eigenvalue weighted by Crippen LogP contribution is -2.21. The number of aliphatic carboxylic acids is 1. The summed E-state index contributed by atoms with van der Waals surface area (Å²) in [5, 5.41) is 8.96. The number of nitrogens with zero attached hydrogens (tertiary/aromatic N) is 3. The summed E-state index contributed by atoms with van der Waals surface area (Å²) in [5.41, 5.74) is 1.73. The Morgan fingerprint density at radius 2 is 2.11 bits per heavy atom. The average Bonchev–Trinajstić information content (AvgIpc) is 2.73. The van der Waals surface area contributed by atoms with Crippen molar-refractivity contribution in [3.05, 3.63) is 46.4 Å². The van der Waals surface area contributed by atoms with Crippen LogP contribution in [0.4, 0.5) is 0 Å². The Bertz CT molecular complexity index is 861. The number of rotatable bonds is 2. The second-order valence-corrected chi connectivity index (χ2v) is 4.34. The molecule has 0 radical (unpaired) electrons. The van der Waals surface area contributed by atoms with Crippen LogP contribution in [0.25, 0.3) is 16.8 Å². The van der Waals surface area contributed by atoms with Crippen molar-refractivity contribution >= 4 is 22.8 Å². The first-order chi connectivity index (χ1) is 9.08. The molecule has 3 aromatic rings. The first kappa shape index (κ1) is 11.5. The molecule has 0 unspecified atom stereocenters. The predicted molar refractivity (Wildman–Crippen MR) is 69.3 cm³/mol. The number of imidazole rings is 1. The van der Waals surface area contributed by atoms with Gasteiger partial charge in [0.1, 0.15) is 6.54 Å². The lowest BCUT2D eigenvalue weighted by Gasteiger charge is -2.09. The van der Waals surface area contributed by atoms with E-state index in [2.05, 4.69) is 4.98 Å². The first-order valence-electron chi connectivity index (χ1n) is 5.77. The van der Waals surface area contributed by atoms with Gasteiger partial charge in [0.15, 0.2) is 0 Å². The smallest absolute Gasteiger partial charge is 0.323 e. The average molecular weight is 257 g/mol. The number of hydrogen-bond acceptors (Lipinski definition) is 3. The second kappa shape index (κ2) is 3.94. The van der Waals surface area contributed by atoms with E-state index in [0.29, 0.717) is 22.5 Å². The SMILES string of the molecule is Cc1cc(=O)n2c3ccccc3nc2n1CC(=O)O. The molecule has 0 aliphatic rings. The minimum absolute atomic E-state index is 0.206. The van der Waals surface area contributed by atoms with Gasteiger partial charge in [0.05, 0.1) is 11.0 Å². The van der Waals surface area contributed by atoms with E-state index in [1.54, 1.807) is 19.1 Å². The van der Waals surface area contributed by atoms with Crippen molar-refractivity contribution in [2.24, 2.45) is 0 Å². The molecular formula is C13H11N3O3. The third-order valence-corrected chi connectivity index (χ3v) is 3.06. The highest BCUT2D eigenvalue weighted by Crippen LogP contribution is 2.15. The van der Waals surface area contributed by atoms with Crippen molar-refractivity contribution in [2.45, 2.75) is 13.5 Å². The third-order valence-electron chi connectivity index (χ3n) is 3.06. The molecule has 0 bridgehead atoms. The maximum Gasteiger partial charge on any atom is 0.323 e. The number of fused-ring (bicyclic) bond motifs is 3. The molecule has 0 atom stereocenters. The minimum Gasteiger partial charge on any atom is -0.480 e. The van der Waals surface area contributed by atoms with E-state index in [4.69, 9.17) is 5.11 Å². The van der Waals surface area contributed by atoms with E-state index in [-0.39, 0.29) is 12.1 Å². The molecule has 0 saturated heterocycles. The molecule has 0 aliphatic heterocycles. The van der Waals surface area contributed by atoms with Crippen LogP contribution in [0.1, 0.15) is 5.69 Å². The van der Waals surface area contributed by atoms with Gasteiger partial charge in [-0.15, -0.1) is 0 Å². The molecule has 0 spiro atoms. The van der Waals surface area contributed by atoms with Crippen LogP contribution in [-0.4, -0.2) is 25.0 Å². The lowest BCUT2D eigenvalue weighted by atomic mass is 10.3. The van der Waals surface area contributed by atoms with Gasteiger partial charge >= 0.3 is 5.97 Å². The standard InChI is InChI=1S/C13H11N3O3/c1-8-6-11(17)16-10-5-3-2-4-9(10)14-13(16)15(8)7-12(18)19/h2-6H,7H2,1H3,(H,18,19). The molecule has 96 valence electrons. The maximum atomic E-state index is 12.1. The molecule has 0 fully saturated rings. The molecule has 2 aromatic heterocycles. The fraction of sp³-hybridized carbons (Fsp3) is 0.154.